The van der Waals surface area contributed by atoms with E-state index in [1.165, 1.54) is 6.07 Å². The van der Waals surface area contributed by atoms with Crippen molar-refractivity contribution in [1.29, 1.82) is 0 Å². The van der Waals surface area contributed by atoms with Crippen LogP contribution in [-0.4, -0.2) is 29.4 Å². The van der Waals surface area contributed by atoms with Crippen LogP contribution in [0, 0.1) is 0 Å². The summed E-state index contributed by atoms with van der Waals surface area (Å²) in [5.74, 6) is -0.600. The van der Waals surface area contributed by atoms with Crippen LogP contribution in [0.5, 0.6) is 5.75 Å². The van der Waals surface area contributed by atoms with E-state index in [1.807, 2.05) is 0 Å². The van der Waals surface area contributed by atoms with Gasteiger partial charge in [0.25, 0.3) is 0 Å². The van der Waals surface area contributed by atoms with Gasteiger partial charge < -0.3 is 14.9 Å². The van der Waals surface area contributed by atoms with E-state index in [0.717, 1.165) is 30.2 Å². The number of aliphatic hydroxyl groups excluding tert-OH is 1. The third kappa shape index (κ3) is 5.06. The van der Waals surface area contributed by atoms with Gasteiger partial charge in [-0.05, 0) is 37.5 Å². The highest BCUT2D eigenvalue weighted by molar-refractivity contribution is 9.10. The van der Waals surface area contributed by atoms with Crippen molar-refractivity contribution in [2.75, 3.05) is 13.2 Å². The number of carboxylic acids is 1. The van der Waals surface area contributed by atoms with Crippen LogP contribution >= 0.6 is 15.9 Å². The molecule has 1 rings (SSSR count). The third-order valence-corrected chi connectivity index (χ3v) is 2.98. The Morgan fingerprint density at radius 2 is 1.94 bits per heavy atom. The largest absolute Gasteiger partial charge is 0.493 e. The molecule has 0 aliphatic carbocycles. The van der Waals surface area contributed by atoms with Crippen molar-refractivity contribution < 1.29 is 19.7 Å². The molecule has 0 spiro atoms. The van der Waals surface area contributed by atoms with Gasteiger partial charge in [-0.2, -0.15) is 0 Å². The molecule has 0 fully saturated rings. The van der Waals surface area contributed by atoms with E-state index in [-0.39, 0.29) is 12.2 Å². The molecule has 5 heteroatoms. The predicted octanol–water partition coefficient (Wildman–Crippen LogP) is 3.08. The summed E-state index contributed by atoms with van der Waals surface area (Å²) in [7, 11) is 0. The maximum absolute atomic E-state index is 11.0. The third-order valence-electron chi connectivity index (χ3n) is 2.48. The lowest BCUT2D eigenvalue weighted by Crippen LogP contribution is -2.04. The predicted molar refractivity (Wildman–Crippen MR) is 72.2 cm³/mol. The van der Waals surface area contributed by atoms with Crippen LogP contribution in [0.4, 0.5) is 0 Å². The second-order valence-corrected chi connectivity index (χ2v) is 4.85. The summed E-state index contributed by atoms with van der Waals surface area (Å²) in [6.45, 7) is 0.706. The van der Waals surface area contributed by atoms with Crippen molar-refractivity contribution >= 4 is 21.9 Å². The molecule has 0 atom stereocenters. The molecule has 0 bridgehead atoms. The smallest absolute Gasteiger partial charge is 0.339 e. The van der Waals surface area contributed by atoms with Gasteiger partial charge in [-0.1, -0.05) is 22.4 Å². The van der Waals surface area contributed by atoms with Gasteiger partial charge in [-0.25, -0.2) is 4.79 Å². The van der Waals surface area contributed by atoms with Crippen LogP contribution in [-0.2, 0) is 0 Å². The molecule has 2 N–H and O–H groups in total. The van der Waals surface area contributed by atoms with Crippen molar-refractivity contribution in [1.82, 2.24) is 0 Å². The number of carbonyl (C=O) groups is 1. The van der Waals surface area contributed by atoms with Gasteiger partial charge >= 0.3 is 5.97 Å². The summed E-state index contributed by atoms with van der Waals surface area (Å²) in [6, 6.07) is 4.86. The highest BCUT2D eigenvalue weighted by Crippen LogP contribution is 2.24. The zero-order valence-corrected chi connectivity index (χ0v) is 11.6. The fourth-order valence-electron chi connectivity index (χ4n) is 1.54. The van der Waals surface area contributed by atoms with E-state index in [2.05, 4.69) is 15.9 Å². The number of benzene rings is 1. The topological polar surface area (TPSA) is 66.8 Å². The molecule has 0 radical (unpaired) electrons. The molecule has 0 aliphatic rings. The van der Waals surface area contributed by atoms with Gasteiger partial charge in [0.1, 0.15) is 11.3 Å². The number of halogens is 1. The van der Waals surface area contributed by atoms with Crippen LogP contribution in [0.15, 0.2) is 22.7 Å². The molecule has 0 aliphatic heterocycles. The number of carboxylic acid groups (broad SMARTS) is 1. The Kier molecular flexibility index (Phi) is 6.75. The maximum Gasteiger partial charge on any atom is 0.339 e. The van der Waals surface area contributed by atoms with Crippen molar-refractivity contribution in [2.45, 2.75) is 25.7 Å². The Balaban J connectivity index is 2.45. The molecule has 18 heavy (non-hydrogen) atoms. The number of hydrogen-bond acceptors (Lipinski definition) is 3. The minimum absolute atomic E-state index is 0.175. The van der Waals surface area contributed by atoms with Crippen molar-refractivity contribution in [3.63, 3.8) is 0 Å². The van der Waals surface area contributed by atoms with E-state index in [1.54, 1.807) is 12.1 Å². The Hall–Kier alpha value is -1.07. The highest BCUT2D eigenvalue weighted by atomic mass is 79.9. The summed E-state index contributed by atoms with van der Waals surface area (Å²) < 4.78 is 6.28. The zero-order valence-electron chi connectivity index (χ0n) is 10.1. The molecule has 0 unspecified atom stereocenters. The molecule has 0 amide bonds. The van der Waals surface area contributed by atoms with Crippen molar-refractivity contribution in [2.24, 2.45) is 0 Å². The van der Waals surface area contributed by atoms with E-state index >= 15 is 0 Å². The van der Waals surface area contributed by atoms with Crippen LogP contribution in [0.1, 0.15) is 36.0 Å². The first-order valence-corrected chi connectivity index (χ1v) is 6.71. The Morgan fingerprint density at radius 3 is 2.61 bits per heavy atom. The highest BCUT2D eigenvalue weighted by Gasteiger charge is 2.11. The summed E-state index contributed by atoms with van der Waals surface area (Å²) in [5, 5.41) is 17.6. The van der Waals surface area contributed by atoms with Gasteiger partial charge in [0.2, 0.25) is 0 Å². The monoisotopic (exact) mass is 316 g/mol. The summed E-state index contributed by atoms with van der Waals surface area (Å²) in [4.78, 5) is 11.0. The molecule has 4 nitrogen and oxygen atoms in total. The average Bonchev–Trinajstić information content (AvgIpc) is 2.33. The van der Waals surface area contributed by atoms with E-state index in [0.29, 0.717) is 12.4 Å². The molecule has 1 aromatic rings. The average molecular weight is 317 g/mol. The summed E-state index contributed by atoms with van der Waals surface area (Å²) >= 11 is 3.29. The first-order chi connectivity index (χ1) is 8.65. The Bertz CT molecular complexity index is 393. The van der Waals surface area contributed by atoms with Crippen molar-refractivity contribution in [3.8, 4) is 5.75 Å². The van der Waals surface area contributed by atoms with E-state index in [4.69, 9.17) is 14.9 Å². The van der Waals surface area contributed by atoms with Gasteiger partial charge in [0, 0.05) is 11.1 Å². The van der Waals surface area contributed by atoms with Crippen LogP contribution in [0.2, 0.25) is 0 Å². The number of unbranched alkanes of at least 4 members (excludes halogenated alkanes) is 3. The number of ether oxygens (including phenoxy) is 1. The number of aromatic carboxylic acids is 1. The molecule has 0 heterocycles. The lowest BCUT2D eigenvalue weighted by atomic mass is 10.2. The van der Waals surface area contributed by atoms with Gasteiger partial charge in [0.15, 0.2) is 0 Å². The lowest BCUT2D eigenvalue weighted by Gasteiger charge is -2.09. The summed E-state index contributed by atoms with van der Waals surface area (Å²) in [6.07, 6.45) is 3.59. The second kappa shape index (κ2) is 8.11. The minimum atomic E-state index is -0.988. The van der Waals surface area contributed by atoms with E-state index in [9.17, 15) is 4.79 Å². The molecule has 0 saturated carbocycles. The van der Waals surface area contributed by atoms with Crippen LogP contribution in [0.3, 0.4) is 0 Å². The summed E-state index contributed by atoms with van der Waals surface area (Å²) in [5.41, 5.74) is 0.175. The molecule has 0 saturated heterocycles. The molecule has 1 aromatic carbocycles. The van der Waals surface area contributed by atoms with Crippen LogP contribution in [0.25, 0.3) is 0 Å². The van der Waals surface area contributed by atoms with Gasteiger partial charge in [0.05, 0.1) is 6.61 Å². The molecular formula is C13H17BrO4. The first-order valence-electron chi connectivity index (χ1n) is 5.91. The fraction of sp³-hybridized carbons (Fsp3) is 0.462. The van der Waals surface area contributed by atoms with Crippen LogP contribution < -0.4 is 4.74 Å². The number of hydrogen-bond donors (Lipinski definition) is 2. The first kappa shape index (κ1) is 15.0. The Labute approximate surface area is 115 Å². The zero-order chi connectivity index (χ0) is 13.4. The second-order valence-electron chi connectivity index (χ2n) is 3.93. The molecule has 100 valence electrons. The standard InChI is InChI=1S/C13H17BrO4/c14-10-5-6-11(13(16)17)12(9-10)18-8-4-2-1-3-7-15/h5-6,9,15H,1-4,7-8H2,(H,16,17). The Morgan fingerprint density at radius 1 is 1.22 bits per heavy atom. The molecular weight excluding hydrogens is 300 g/mol. The van der Waals surface area contributed by atoms with Gasteiger partial charge in [-0.15, -0.1) is 0 Å². The number of aliphatic hydroxyl groups is 1. The lowest BCUT2D eigenvalue weighted by molar-refractivity contribution is 0.0692. The quantitative estimate of drug-likeness (QED) is 0.723. The molecule has 0 aromatic heterocycles. The number of rotatable bonds is 8. The normalized spacial score (nSPS) is 10.3. The fourth-order valence-corrected chi connectivity index (χ4v) is 1.88. The van der Waals surface area contributed by atoms with Crippen molar-refractivity contribution in [3.05, 3.63) is 28.2 Å². The minimum Gasteiger partial charge on any atom is -0.493 e. The van der Waals surface area contributed by atoms with Gasteiger partial charge in [-0.3, -0.25) is 0 Å². The van der Waals surface area contributed by atoms with E-state index < -0.39 is 5.97 Å². The maximum atomic E-state index is 11.0. The SMILES string of the molecule is O=C(O)c1ccc(Br)cc1OCCCCCCO.